The van der Waals surface area contributed by atoms with Crippen LogP contribution in [-0.2, 0) is 0 Å². The molecule has 2 unspecified atom stereocenters. The van der Waals surface area contributed by atoms with Crippen molar-refractivity contribution in [3.05, 3.63) is 0 Å². The summed E-state index contributed by atoms with van der Waals surface area (Å²) in [6, 6.07) is 1.71. The second kappa shape index (κ2) is 5.31. The molecule has 1 N–H and O–H groups in total. The van der Waals surface area contributed by atoms with Crippen LogP contribution in [0.5, 0.6) is 0 Å². The van der Waals surface area contributed by atoms with Crippen LogP contribution in [0.15, 0.2) is 0 Å². The first-order valence-electron chi connectivity index (χ1n) is 6.79. The highest BCUT2D eigenvalue weighted by Crippen LogP contribution is 2.28. The highest BCUT2D eigenvalue weighted by Gasteiger charge is 2.32. The summed E-state index contributed by atoms with van der Waals surface area (Å²) in [5.74, 6) is 0.846. The van der Waals surface area contributed by atoms with E-state index < -0.39 is 0 Å². The molecule has 2 atom stereocenters. The van der Waals surface area contributed by atoms with Gasteiger partial charge in [-0.3, -0.25) is 4.90 Å². The first kappa shape index (κ1) is 11.4. The Kier molecular flexibility index (Phi) is 4.04. The Morgan fingerprint density at radius 3 is 2.73 bits per heavy atom. The third-order valence-corrected chi connectivity index (χ3v) is 4.42. The number of hydrogen-bond donors (Lipinski definition) is 1. The lowest BCUT2D eigenvalue weighted by atomic mass is 9.94. The number of nitrogens with zero attached hydrogens (tertiary/aromatic N) is 1. The standard InChI is InChI=1S/C13H26N2/c1-3-11(2)13-10-14-8-9-15(13)12-6-4-5-7-12/h11-14H,3-10H2,1-2H3. The van der Waals surface area contributed by atoms with Crippen molar-refractivity contribution in [2.45, 2.75) is 58.0 Å². The van der Waals surface area contributed by atoms with Crippen molar-refractivity contribution in [3.63, 3.8) is 0 Å². The normalized spacial score (nSPS) is 32.0. The average molecular weight is 210 g/mol. The zero-order chi connectivity index (χ0) is 10.7. The molecule has 1 saturated carbocycles. The third kappa shape index (κ3) is 2.54. The molecule has 0 bridgehead atoms. The maximum atomic E-state index is 3.56. The maximum Gasteiger partial charge on any atom is 0.0249 e. The number of piperazine rings is 1. The Morgan fingerprint density at radius 2 is 2.07 bits per heavy atom. The second-order valence-electron chi connectivity index (χ2n) is 5.33. The van der Waals surface area contributed by atoms with Crippen molar-refractivity contribution in [2.75, 3.05) is 19.6 Å². The van der Waals surface area contributed by atoms with Crippen LogP contribution >= 0.6 is 0 Å². The molecule has 2 rings (SSSR count). The fraction of sp³-hybridized carbons (Fsp3) is 1.00. The first-order chi connectivity index (χ1) is 7.33. The topological polar surface area (TPSA) is 15.3 Å². The van der Waals surface area contributed by atoms with E-state index in [0.717, 1.165) is 18.0 Å². The average Bonchev–Trinajstić information content (AvgIpc) is 2.81. The summed E-state index contributed by atoms with van der Waals surface area (Å²) < 4.78 is 0. The van der Waals surface area contributed by atoms with Gasteiger partial charge in [0.05, 0.1) is 0 Å². The zero-order valence-corrected chi connectivity index (χ0v) is 10.3. The summed E-state index contributed by atoms with van der Waals surface area (Å²) >= 11 is 0. The molecular weight excluding hydrogens is 184 g/mol. The van der Waals surface area contributed by atoms with E-state index in [9.17, 15) is 0 Å². The van der Waals surface area contributed by atoms with Crippen molar-refractivity contribution in [3.8, 4) is 0 Å². The van der Waals surface area contributed by atoms with Gasteiger partial charge in [0.25, 0.3) is 0 Å². The molecular formula is C13H26N2. The molecule has 15 heavy (non-hydrogen) atoms. The monoisotopic (exact) mass is 210 g/mol. The Bertz CT molecular complexity index is 187. The summed E-state index contributed by atoms with van der Waals surface area (Å²) in [7, 11) is 0. The van der Waals surface area contributed by atoms with Gasteiger partial charge in [0.2, 0.25) is 0 Å². The minimum atomic E-state index is 0.798. The predicted molar refractivity (Wildman–Crippen MR) is 65.1 cm³/mol. The van der Waals surface area contributed by atoms with Gasteiger partial charge >= 0.3 is 0 Å². The van der Waals surface area contributed by atoms with Gasteiger partial charge in [-0.2, -0.15) is 0 Å². The Hall–Kier alpha value is -0.0800. The summed E-state index contributed by atoms with van der Waals surface area (Å²) in [5, 5.41) is 3.56. The van der Waals surface area contributed by atoms with Crippen LogP contribution in [0.2, 0.25) is 0 Å². The SMILES string of the molecule is CCC(C)C1CNCCN1C1CCCC1. The molecule has 1 aliphatic carbocycles. The van der Waals surface area contributed by atoms with Crippen molar-refractivity contribution < 1.29 is 0 Å². The minimum Gasteiger partial charge on any atom is -0.314 e. The summed E-state index contributed by atoms with van der Waals surface area (Å²) in [5.41, 5.74) is 0. The molecule has 0 spiro atoms. The van der Waals surface area contributed by atoms with E-state index in [-0.39, 0.29) is 0 Å². The quantitative estimate of drug-likeness (QED) is 0.768. The zero-order valence-electron chi connectivity index (χ0n) is 10.3. The third-order valence-electron chi connectivity index (χ3n) is 4.42. The number of rotatable bonds is 3. The smallest absolute Gasteiger partial charge is 0.0249 e. The Morgan fingerprint density at radius 1 is 1.33 bits per heavy atom. The van der Waals surface area contributed by atoms with Crippen LogP contribution in [0.1, 0.15) is 46.0 Å². The molecule has 1 heterocycles. The van der Waals surface area contributed by atoms with Crippen molar-refractivity contribution in [1.82, 2.24) is 10.2 Å². The van der Waals surface area contributed by atoms with Crippen molar-refractivity contribution in [2.24, 2.45) is 5.92 Å². The van der Waals surface area contributed by atoms with Crippen LogP contribution in [-0.4, -0.2) is 36.6 Å². The van der Waals surface area contributed by atoms with Crippen LogP contribution in [0, 0.1) is 5.92 Å². The van der Waals surface area contributed by atoms with Gasteiger partial charge in [-0.15, -0.1) is 0 Å². The molecule has 0 aromatic carbocycles. The lowest BCUT2D eigenvalue weighted by molar-refractivity contribution is 0.0730. The van der Waals surface area contributed by atoms with Crippen molar-refractivity contribution >= 4 is 0 Å². The lowest BCUT2D eigenvalue weighted by Gasteiger charge is -2.43. The highest BCUT2D eigenvalue weighted by molar-refractivity contribution is 4.89. The Labute approximate surface area is 94.4 Å². The van der Waals surface area contributed by atoms with E-state index in [1.165, 1.54) is 51.7 Å². The van der Waals surface area contributed by atoms with Gasteiger partial charge in [0, 0.05) is 31.7 Å². The molecule has 2 fully saturated rings. The van der Waals surface area contributed by atoms with Gasteiger partial charge in [0.15, 0.2) is 0 Å². The molecule has 2 heteroatoms. The van der Waals surface area contributed by atoms with E-state index in [0.29, 0.717) is 0 Å². The molecule has 0 radical (unpaired) electrons. The molecule has 2 aliphatic rings. The van der Waals surface area contributed by atoms with Gasteiger partial charge in [-0.25, -0.2) is 0 Å². The minimum absolute atomic E-state index is 0.798. The van der Waals surface area contributed by atoms with E-state index in [4.69, 9.17) is 0 Å². The number of hydrogen-bond acceptors (Lipinski definition) is 2. The van der Waals surface area contributed by atoms with Gasteiger partial charge in [-0.1, -0.05) is 33.1 Å². The van der Waals surface area contributed by atoms with E-state index in [1.54, 1.807) is 0 Å². The fourth-order valence-electron chi connectivity index (χ4n) is 3.23. The first-order valence-corrected chi connectivity index (χ1v) is 6.79. The molecule has 88 valence electrons. The van der Waals surface area contributed by atoms with Crippen LogP contribution in [0.4, 0.5) is 0 Å². The highest BCUT2D eigenvalue weighted by atomic mass is 15.2. The van der Waals surface area contributed by atoms with E-state index in [2.05, 4.69) is 24.1 Å². The lowest BCUT2D eigenvalue weighted by Crippen LogP contribution is -2.56. The van der Waals surface area contributed by atoms with Gasteiger partial charge in [-0.05, 0) is 18.8 Å². The molecule has 2 nitrogen and oxygen atoms in total. The van der Waals surface area contributed by atoms with Crippen LogP contribution in [0.25, 0.3) is 0 Å². The second-order valence-corrected chi connectivity index (χ2v) is 5.33. The fourth-order valence-corrected chi connectivity index (χ4v) is 3.23. The van der Waals surface area contributed by atoms with Crippen molar-refractivity contribution in [1.29, 1.82) is 0 Å². The number of nitrogens with one attached hydrogen (secondary N) is 1. The van der Waals surface area contributed by atoms with Gasteiger partial charge in [0.1, 0.15) is 0 Å². The van der Waals surface area contributed by atoms with Crippen LogP contribution in [0.3, 0.4) is 0 Å². The predicted octanol–water partition coefficient (Wildman–Crippen LogP) is 2.25. The summed E-state index contributed by atoms with van der Waals surface area (Å²) in [6.07, 6.45) is 7.14. The molecule has 1 aliphatic heterocycles. The maximum absolute atomic E-state index is 3.56. The Balaban J connectivity index is 1.98. The molecule has 0 aromatic heterocycles. The van der Waals surface area contributed by atoms with Gasteiger partial charge < -0.3 is 5.32 Å². The molecule has 0 aromatic rings. The summed E-state index contributed by atoms with van der Waals surface area (Å²) in [4.78, 5) is 2.82. The van der Waals surface area contributed by atoms with Crippen LogP contribution < -0.4 is 5.32 Å². The molecule has 0 amide bonds. The van der Waals surface area contributed by atoms with E-state index >= 15 is 0 Å². The largest absolute Gasteiger partial charge is 0.314 e. The summed E-state index contributed by atoms with van der Waals surface area (Å²) in [6.45, 7) is 8.43. The molecule has 1 saturated heterocycles. The van der Waals surface area contributed by atoms with E-state index in [1.807, 2.05) is 0 Å².